The van der Waals surface area contributed by atoms with Crippen molar-refractivity contribution in [2.45, 2.75) is 11.8 Å². The Morgan fingerprint density at radius 2 is 1.65 bits per heavy atom. The summed E-state index contributed by atoms with van der Waals surface area (Å²) in [5, 5.41) is 0.711. The Hall–Kier alpha value is -4.31. The van der Waals surface area contributed by atoms with E-state index in [1.165, 1.54) is 24.3 Å². The average Bonchev–Trinajstić information content (AvgIpc) is 3.28. The average molecular weight is 479 g/mol. The molecule has 34 heavy (non-hydrogen) atoms. The molecule has 2 amide bonds. The molecule has 0 radical (unpaired) electrons. The molecule has 4 rings (SSSR count). The van der Waals surface area contributed by atoms with Crippen LogP contribution in [0.25, 0.3) is 10.9 Å². The van der Waals surface area contributed by atoms with Crippen molar-refractivity contribution in [3.8, 4) is 5.75 Å². The summed E-state index contributed by atoms with van der Waals surface area (Å²) in [5.41, 5.74) is 6.24. The molecule has 1 heterocycles. The van der Waals surface area contributed by atoms with Crippen LogP contribution in [-0.4, -0.2) is 31.8 Å². The van der Waals surface area contributed by atoms with Crippen molar-refractivity contribution in [2.75, 3.05) is 11.3 Å². The summed E-state index contributed by atoms with van der Waals surface area (Å²) in [4.78, 5) is 27.9. The van der Waals surface area contributed by atoms with Gasteiger partial charge >= 0.3 is 0 Å². The predicted molar refractivity (Wildman–Crippen MR) is 128 cm³/mol. The number of ether oxygens (including phenoxy) is 1. The highest BCUT2D eigenvalue weighted by Gasteiger charge is 2.18. The molecule has 174 valence electrons. The maximum Gasteiger partial charge on any atom is 0.271 e. The molecular formula is C24H22N4O5S. The van der Waals surface area contributed by atoms with Gasteiger partial charge in [0.05, 0.1) is 17.1 Å². The lowest BCUT2D eigenvalue weighted by molar-refractivity contribution is 0.0847. The van der Waals surface area contributed by atoms with E-state index in [1.807, 2.05) is 19.1 Å². The summed E-state index contributed by atoms with van der Waals surface area (Å²) in [6, 6.07) is 19.2. The van der Waals surface area contributed by atoms with Gasteiger partial charge in [-0.2, -0.15) is 0 Å². The highest BCUT2D eigenvalue weighted by molar-refractivity contribution is 7.92. The number of para-hydroxylation sites is 1. The van der Waals surface area contributed by atoms with Crippen LogP contribution < -0.4 is 20.3 Å². The van der Waals surface area contributed by atoms with Gasteiger partial charge in [-0.3, -0.25) is 25.2 Å². The number of sulfonamides is 1. The number of carbonyl (C=O) groups excluding carboxylic acids is 2. The number of aromatic amines is 1. The topological polar surface area (TPSA) is 129 Å². The van der Waals surface area contributed by atoms with Crippen LogP contribution in [0, 0.1) is 0 Å². The van der Waals surface area contributed by atoms with Crippen molar-refractivity contribution in [3.05, 3.63) is 90.1 Å². The van der Waals surface area contributed by atoms with Crippen LogP contribution in [0.2, 0.25) is 0 Å². The fourth-order valence-corrected chi connectivity index (χ4v) is 4.42. The summed E-state index contributed by atoms with van der Waals surface area (Å²) in [7, 11) is -3.95. The summed E-state index contributed by atoms with van der Waals surface area (Å²) in [6.07, 6.45) is 1.55. The zero-order valence-corrected chi connectivity index (χ0v) is 19.0. The van der Waals surface area contributed by atoms with Crippen LogP contribution in [0.3, 0.4) is 0 Å². The number of H-pyrrole nitrogens is 1. The van der Waals surface area contributed by atoms with Gasteiger partial charge in [0.2, 0.25) is 0 Å². The molecule has 0 saturated heterocycles. The molecule has 3 aromatic carbocycles. The van der Waals surface area contributed by atoms with Crippen LogP contribution in [0.15, 0.2) is 83.9 Å². The minimum atomic E-state index is -3.95. The van der Waals surface area contributed by atoms with E-state index in [-0.39, 0.29) is 10.5 Å². The van der Waals surface area contributed by atoms with E-state index < -0.39 is 21.8 Å². The SMILES string of the molecule is CCOc1ccc(NS(=O)(=O)c2cccc(C(=O)NNC(=O)c3c[nH]c4ccccc34)c2)cc1. The van der Waals surface area contributed by atoms with Gasteiger partial charge in [0, 0.05) is 28.4 Å². The summed E-state index contributed by atoms with van der Waals surface area (Å²) < 4.78 is 33.4. The van der Waals surface area contributed by atoms with Gasteiger partial charge in [0.15, 0.2) is 0 Å². The van der Waals surface area contributed by atoms with Crippen molar-refractivity contribution in [1.82, 2.24) is 15.8 Å². The zero-order chi connectivity index (χ0) is 24.1. The quantitative estimate of drug-likeness (QED) is 0.303. The van der Waals surface area contributed by atoms with Crippen LogP contribution in [0.4, 0.5) is 5.69 Å². The van der Waals surface area contributed by atoms with Crippen LogP contribution >= 0.6 is 0 Å². The maximum atomic E-state index is 12.8. The largest absolute Gasteiger partial charge is 0.494 e. The lowest BCUT2D eigenvalue weighted by atomic mass is 10.2. The summed E-state index contributed by atoms with van der Waals surface area (Å²) in [5.74, 6) is -0.545. The fraction of sp³-hybridized carbons (Fsp3) is 0.0833. The van der Waals surface area contributed by atoms with Gasteiger partial charge in [-0.15, -0.1) is 0 Å². The molecule has 0 saturated carbocycles. The molecule has 0 aliphatic rings. The van der Waals surface area contributed by atoms with E-state index in [9.17, 15) is 18.0 Å². The Labute approximate surface area is 196 Å². The lowest BCUT2D eigenvalue weighted by Crippen LogP contribution is -2.41. The molecule has 4 N–H and O–H groups in total. The number of benzene rings is 3. The minimum Gasteiger partial charge on any atom is -0.494 e. The number of aromatic nitrogens is 1. The van der Waals surface area contributed by atoms with Gasteiger partial charge in [-0.05, 0) is 55.5 Å². The van der Waals surface area contributed by atoms with E-state index in [0.29, 0.717) is 29.0 Å². The van der Waals surface area contributed by atoms with Crippen molar-refractivity contribution in [3.63, 3.8) is 0 Å². The Balaban J connectivity index is 1.43. The Bertz CT molecular complexity index is 1450. The Kier molecular flexibility index (Phi) is 6.51. The molecular weight excluding hydrogens is 456 g/mol. The third-order valence-electron chi connectivity index (χ3n) is 4.95. The first kappa shape index (κ1) is 22.9. The second-order valence-corrected chi connectivity index (χ2v) is 8.93. The second kappa shape index (κ2) is 9.67. The number of rotatable bonds is 7. The number of hydrogen-bond acceptors (Lipinski definition) is 5. The van der Waals surface area contributed by atoms with E-state index >= 15 is 0 Å². The van der Waals surface area contributed by atoms with Gasteiger partial charge in [0.25, 0.3) is 21.8 Å². The molecule has 4 aromatic rings. The third-order valence-corrected chi connectivity index (χ3v) is 6.33. The number of amides is 2. The fourth-order valence-electron chi connectivity index (χ4n) is 3.32. The molecule has 0 unspecified atom stereocenters. The van der Waals surface area contributed by atoms with Crippen LogP contribution in [-0.2, 0) is 10.0 Å². The Morgan fingerprint density at radius 3 is 2.41 bits per heavy atom. The number of fused-ring (bicyclic) bond motifs is 1. The number of hydrazine groups is 1. The minimum absolute atomic E-state index is 0.0637. The Morgan fingerprint density at radius 1 is 0.912 bits per heavy atom. The van der Waals surface area contributed by atoms with Crippen LogP contribution in [0.1, 0.15) is 27.6 Å². The number of hydrogen-bond donors (Lipinski definition) is 4. The second-order valence-electron chi connectivity index (χ2n) is 7.25. The highest BCUT2D eigenvalue weighted by Crippen LogP contribution is 2.20. The van der Waals surface area contributed by atoms with E-state index in [2.05, 4.69) is 20.6 Å². The molecule has 1 aromatic heterocycles. The molecule has 0 spiro atoms. The van der Waals surface area contributed by atoms with E-state index in [4.69, 9.17) is 4.74 Å². The monoisotopic (exact) mass is 478 g/mol. The molecule has 0 fully saturated rings. The summed E-state index contributed by atoms with van der Waals surface area (Å²) in [6.45, 7) is 2.36. The van der Waals surface area contributed by atoms with E-state index in [0.717, 1.165) is 5.52 Å². The van der Waals surface area contributed by atoms with Crippen molar-refractivity contribution in [1.29, 1.82) is 0 Å². The molecule has 0 atom stereocenters. The number of anilines is 1. The lowest BCUT2D eigenvalue weighted by Gasteiger charge is -2.11. The third kappa shape index (κ3) is 5.02. The number of nitrogens with one attached hydrogen (secondary N) is 4. The first-order valence-corrected chi connectivity index (χ1v) is 11.9. The zero-order valence-electron chi connectivity index (χ0n) is 18.2. The predicted octanol–water partition coefficient (Wildman–Crippen LogP) is 3.44. The molecule has 0 aliphatic heterocycles. The molecule has 10 heteroatoms. The molecule has 9 nitrogen and oxygen atoms in total. The van der Waals surface area contributed by atoms with Crippen molar-refractivity contribution < 1.29 is 22.7 Å². The van der Waals surface area contributed by atoms with Crippen LogP contribution in [0.5, 0.6) is 5.75 Å². The van der Waals surface area contributed by atoms with Gasteiger partial charge in [-0.1, -0.05) is 24.3 Å². The van der Waals surface area contributed by atoms with Gasteiger partial charge in [0.1, 0.15) is 5.75 Å². The van der Waals surface area contributed by atoms with E-state index in [1.54, 1.807) is 42.6 Å². The normalized spacial score (nSPS) is 11.1. The van der Waals surface area contributed by atoms with Gasteiger partial charge in [-0.25, -0.2) is 8.42 Å². The molecule has 0 bridgehead atoms. The first-order valence-electron chi connectivity index (χ1n) is 10.4. The molecule has 0 aliphatic carbocycles. The van der Waals surface area contributed by atoms with Gasteiger partial charge < -0.3 is 9.72 Å². The standard InChI is InChI=1S/C24H22N4O5S/c1-2-33-18-12-10-17(11-13-18)28-34(31,32)19-7-5-6-16(14-19)23(29)26-27-24(30)21-15-25-22-9-4-3-8-20(21)22/h3-15,25,28H,2H2,1H3,(H,26,29)(H,27,30). The van der Waals surface area contributed by atoms with Crippen molar-refractivity contribution >= 4 is 38.4 Å². The first-order chi connectivity index (χ1) is 16.4. The highest BCUT2D eigenvalue weighted by atomic mass is 32.2. The number of carbonyl (C=O) groups is 2. The maximum absolute atomic E-state index is 12.8. The summed E-state index contributed by atoms with van der Waals surface area (Å²) >= 11 is 0. The smallest absolute Gasteiger partial charge is 0.271 e. The van der Waals surface area contributed by atoms with Crippen molar-refractivity contribution in [2.24, 2.45) is 0 Å².